The molecule has 2 aliphatic rings. The fourth-order valence-electron chi connectivity index (χ4n) is 4.36. The van der Waals surface area contributed by atoms with E-state index in [1.807, 2.05) is 18.2 Å². The molecule has 0 amide bonds. The Morgan fingerprint density at radius 2 is 1.80 bits per heavy atom. The van der Waals surface area contributed by atoms with Gasteiger partial charge in [0.05, 0.1) is 21.1 Å². The average Bonchev–Trinajstić information content (AvgIpc) is 3.44. The molecular weight excluding hydrogens is 464 g/mol. The Morgan fingerprint density at radius 1 is 1.10 bits per heavy atom. The normalized spacial score (nSPS) is 25.5. The molecule has 0 radical (unpaired) electrons. The maximum absolute atomic E-state index is 13.2. The zero-order valence-electron chi connectivity index (χ0n) is 16.4. The average molecular weight is 489 g/mol. The molecule has 2 saturated heterocycles. The number of rotatable bonds is 7. The first-order valence-corrected chi connectivity index (χ1v) is 14.5. The first kappa shape index (κ1) is 22.2. The first-order valence-electron chi connectivity index (χ1n) is 9.98. The summed E-state index contributed by atoms with van der Waals surface area (Å²) in [5.41, 5.74) is 1.15. The van der Waals surface area contributed by atoms with Crippen LogP contribution in [0.5, 0.6) is 0 Å². The molecule has 164 valence electrons. The third-order valence-electron chi connectivity index (χ3n) is 5.87. The molecule has 10 heteroatoms. The molecule has 4 rings (SSSR count). The van der Waals surface area contributed by atoms with E-state index in [0.717, 1.165) is 42.8 Å². The highest BCUT2D eigenvalue weighted by molar-refractivity contribution is 7.97. The van der Waals surface area contributed by atoms with E-state index in [1.54, 1.807) is 0 Å². The van der Waals surface area contributed by atoms with E-state index in [4.69, 9.17) is 11.6 Å². The maximum Gasteiger partial charge on any atom is 0.193 e. The summed E-state index contributed by atoms with van der Waals surface area (Å²) in [6.45, 7) is 2.47. The van der Waals surface area contributed by atoms with E-state index in [2.05, 4.69) is 22.3 Å². The van der Waals surface area contributed by atoms with E-state index in [-0.39, 0.29) is 21.8 Å². The minimum Gasteiger partial charge on any atom is -0.310 e. The molecule has 0 aliphatic carbocycles. The fourth-order valence-corrected chi connectivity index (χ4v) is 10.8. The topological polar surface area (TPSA) is 83.6 Å². The van der Waals surface area contributed by atoms with Crippen LogP contribution in [0, 0.1) is 0 Å². The molecular formula is C20H25ClN2O4S3. The van der Waals surface area contributed by atoms with Crippen molar-refractivity contribution in [1.29, 1.82) is 0 Å². The van der Waals surface area contributed by atoms with Gasteiger partial charge in [-0.1, -0.05) is 41.9 Å². The van der Waals surface area contributed by atoms with E-state index in [9.17, 15) is 16.8 Å². The Balaban J connectivity index is 1.56. The lowest BCUT2D eigenvalue weighted by atomic mass is 10.0. The van der Waals surface area contributed by atoms with Crippen molar-refractivity contribution in [3.63, 3.8) is 0 Å². The third kappa shape index (κ3) is 4.76. The van der Waals surface area contributed by atoms with Gasteiger partial charge in [-0.25, -0.2) is 16.8 Å². The van der Waals surface area contributed by atoms with Gasteiger partial charge in [0, 0.05) is 18.6 Å². The number of likely N-dealkylation sites (tertiary alicyclic amines) is 1. The number of hydrogen-bond donors (Lipinski definition) is 1. The van der Waals surface area contributed by atoms with Gasteiger partial charge < -0.3 is 5.32 Å². The quantitative estimate of drug-likeness (QED) is 0.645. The zero-order chi connectivity index (χ0) is 21.4. The second-order valence-corrected chi connectivity index (χ2v) is 14.2. The monoisotopic (exact) mass is 488 g/mol. The summed E-state index contributed by atoms with van der Waals surface area (Å²) in [6.07, 6.45) is 2.27. The van der Waals surface area contributed by atoms with Crippen molar-refractivity contribution in [3.8, 4) is 0 Å². The second kappa shape index (κ2) is 8.88. The SMILES string of the molecule is O=S1(=O)C[C@H](NCC(c2ccccc2)N2CCCC2)[C@@H](S(=O)(=O)c2ccc(Cl)s2)C1. The second-order valence-electron chi connectivity index (χ2n) is 7.90. The molecule has 3 atom stereocenters. The van der Waals surface area contributed by atoms with Crippen molar-refractivity contribution in [3.05, 3.63) is 52.4 Å². The molecule has 6 nitrogen and oxygen atoms in total. The van der Waals surface area contributed by atoms with Crippen molar-refractivity contribution in [1.82, 2.24) is 10.2 Å². The molecule has 0 bridgehead atoms. The Labute approximate surface area is 187 Å². The number of halogens is 1. The molecule has 2 aliphatic heterocycles. The minimum atomic E-state index is -3.79. The summed E-state index contributed by atoms with van der Waals surface area (Å²) in [4.78, 5) is 2.38. The van der Waals surface area contributed by atoms with Crippen molar-refractivity contribution in [2.45, 2.75) is 34.4 Å². The molecule has 0 spiro atoms. The van der Waals surface area contributed by atoms with Crippen molar-refractivity contribution in [2.75, 3.05) is 31.1 Å². The van der Waals surface area contributed by atoms with Gasteiger partial charge >= 0.3 is 0 Å². The van der Waals surface area contributed by atoms with Gasteiger partial charge in [0.2, 0.25) is 0 Å². The summed E-state index contributed by atoms with van der Waals surface area (Å²) in [5, 5.41) is 2.31. The number of thiophene rings is 1. The van der Waals surface area contributed by atoms with Crippen LogP contribution in [0.1, 0.15) is 24.4 Å². The van der Waals surface area contributed by atoms with Crippen LogP contribution in [-0.4, -0.2) is 64.2 Å². The highest BCUT2D eigenvalue weighted by Gasteiger charge is 2.46. The molecule has 30 heavy (non-hydrogen) atoms. The molecule has 0 saturated carbocycles. The van der Waals surface area contributed by atoms with Crippen LogP contribution >= 0.6 is 22.9 Å². The summed E-state index contributed by atoms with van der Waals surface area (Å²) >= 11 is 6.90. The number of nitrogens with zero attached hydrogens (tertiary/aromatic N) is 1. The van der Waals surface area contributed by atoms with Gasteiger partial charge in [0.1, 0.15) is 4.21 Å². The van der Waals surface area contributed by atoms with Crippen LogP contribution < -0.4 is 5.32 Å². The van der Waals surface area contributed by atoms with E-state index in [0.29, 0.717) is 10.9 Å². The highest BCUT2D eigenvalue weighted by atomic mass is 35.5. The van der Waals surface area contributed by atoms with Gasteiger partial charge in [-0.15, -0.1) is 11.3 Å². The zero-order valence-corrected chi connectivity index (χ0v) is 19.6. The number of sulfone groups is 2. The van der Waals surface area contributed by atoms with Crippen molar-refractivity contribution >= 4 is 42.6 Å². The molecule has 2 aromatic rings. The van der Waals surface area contributed by atoms with Gasteiger partial charge in [-0.2, -0.15) is 0 Å². The molecule has 1 N–H and O–H groups in total. The van der Waals surface area contributed by atoms with Gasteiger partial charge in [-0.3, -0.25) is 4.90 Å². The summed E-state index contributed by atoms with van der Waals surface area (Å²) in [5.74, 6) is -0.528. The molecule has 1 aromatic carbocycles. The Bertz CT molecular complexity index is 1080. The van der Waals surface area contributed by atoms with Crippen LogP contribution in [0.3, 0.4) is 0 Å². The first-order chi connectivity index (χ1) is 14.3. The summed E-state index contributed by atoms with van der Waals surface area (Å²) in [7, 11) is -7.23. The Morgan fingerprint density at radius 3 is 2.43 bits per heavy atom. The Kier molecular flexibility index (Phi) is 6.58. The van der Waals surface area contributed by atoms with Crippen molar-refractivity contribution in [2.24, 2.45) is 0 Å². The van der Waals surface area contributed by atoms with E-state index < -0.39 is 31.0 Å². The smallest absolute Gasteiger partial charge is 0.193 e. The minimum absolute atomic E-state index is 0.0801. The maximum atomic E-state index is 13.2. The van der Waals surface area contributed by atoms with Crippen LogP contribution in [-0.2, 0) is 19.7 Å². The largest absolute Gasteiger partial charge is 0.310 e. The lowest BCUT2D eigenvalue weighted by Crippen LogP contribution is -2.46. The van der Waals surface area contributed by atoms with Gasteiger partial charge in [0.25, 0.3) is 0 Å². The van der Waals surface area contributed by atoms with Gasteiger partial charge in [0.15, 0.2) is 19.7 Å². The molecule has 3 heterocycles. The molecule has 2 fully saturated rings. The Hall–Kier alpha value is -0.970. The lowest BCUT2D eigenvalue weighted by molar-refractivity contribution is 0.234. The lowest BCUT2D eigenvalue weighted by Gasteiger charge is -2.30. The molecule has 1 aromatic heterocycles. The summed E-state index contributed by atoms with van der Waals surface area (Å²) in [6, 6.07) is 12.5. The van der Waals surface area contributed by atoms with Crippen LogP contribution in [0.4, 0.5) is 0 Å². The van der Waals surface area contributed by atoms with Crippen LogP contribution in [0.25, 0.3) is 0 Å². The van der Waals surface area contributed by atoms with Crippen molar-refractivity contribution < 1.29 is 16.8 Å². The van der Waals surface area contributed by atoms with E-state index >= 15 is 0 Å². The van der Waals surface area contributed by atoms with Crippen LogP contribution in [0.2, 0.25) is 4.34 Å². The number of nitrogens with one attached hydrogen (secondary N) is 1. The summed E-state index contributed by atoms with van der Waals surface area (Å²) < 4.78 is 51.5. The standard InChI is InChI=1S/C20H25ClN2O4S3/c21-19-8-9-20(28-19)30(26,27)18-14-29(24,25)13-16(18)22-12-17(23-10-4-5-11-23)15-6-2-1-3-7-15/h1-3,6-9,16-18,22H,4-5,10-14H2/t16-,17?,18-/m0/s1. The van der Waals surface area contributed by atoms with E-state index in [1.165, 1.54) is 12.1 Å². The predicted octanol–water partition coefficient (Wildman–Crippen LogP) is 2.77. The third-order valence-corrected chi connectivity index (χ3v) is 11.8. The predicted molar refractivity (Wildman–Crippen MR) is 121 cm³/mol. The van der Waals surface area contributed by atoms with Crippen LogP contribution in [0.15, 0.2) is 46.7 Å². The molecule has 1 unspecified atom stereocenters. The fraction of sp³-hybridized carbons (Fsp3) is 0.500. The number of hydrogen-bond acceptors (Lipinski definition) is 7. The van der Waals surface area contributed by atoms with Gasteiger partial charge in [-0.05, 0) is 43.6 Å². The highest BCUT2D eigenvalue weighted by Crippen LogP contribution is 2.33. The number of benzene rings is 1.